The van der Waals surface area contributed by atoms with Crippen LogP contribution < -0.4 is 11.1 Å². The molecule has 3 N–H and O–H groups in total. The Labute approximate surface area is 136 Å². The standard InChI is InChI=1S/C18H24N4O/c19-16-3-1-2-13-11-14(4-5-15(13)16)18-21-17(22-23-18)10-12-6-8-20-9-7-12/h4-5,11-12,16,20H,1-3,6-10,19H2. The van der Waals surface area contributed by atoms with Crippen LogP contribution in [0, 0.1) is 5.92 Å². The predicted molar refractivity (Wildman–Crippen MR) is 88.9 cm³/mol. The largest absolute Gasteiger partial charge is 0.334 e. The summed E-state index contributed by atoms with van der Waals surface area (Å²) in [6.07, 6.45) is 6.63. The van der Waals surface area contributed by atoms with Gasteiger partial charge in [-0.2, -0.15) is 4.98 Å². The van der Waals surface area contributed by atoms with E-state index in [2.05, 4.69) is 33.7 Å². The van der Waals surface area contributed by atoms with Gasteiger partial charge in [0.15, 0.2) is 5.82 Å². The van der Waals surface area contributed by atoms with Gasteiger partial charge in [0.25, 0.3) is 5.89 Å². The van der Waals surface area contributed by atoms with Crippen LogP contribution in [-0.4, -0.2) is 23.2 Å². The molecule has 0 radical (unpaired) electrons. The summed E-state index contributed by atoms with van der Waals surface area (Å²) in [5.41, 5.74) is 9.81. The number of hydrogen-bond acceptors (Lipinski definition) is 5. The predicted octanol–water partition coefficient (Wildman–Crippen LogP) is 2.61. The number of nitrogens with one attached hydrogen (secondary N) is 1. The maximum atomic E-state index is 6.19. The molecule has 122 valence electrons. The van der Waals surface area contributed by atoms with E-state index in [-0.39, 0.29) is 6.04 Å². The highest BCUT2D eigenvalue weighted by atomic mass is 16.5. The Balaban J connectivity index is 1.52. The van der Waals surface area contributed by atoms with Gasteiger partial charge in [-0.1, -0.05) is 11.2 Å². The van der Waals surface area contributed by atoms with Gasteiger partial charge < -0.3 is 15.6 Å². The van der Waals surface area contributed by atoms with Crippen LogP contribution in [0.15, 0.2) is 22.7 Å². The lowest BCUT2D eigenvalue weighted by Gasteiger charge is -2.22. The molecule has 2 heterocycles. The molecule has 1 saturated heterocycles. The number of piperidine rings is 1. The summed E-state index contributed by atoms with van der Waals surface area (Å²) in [7, 11) is 0. The highest BCUT2D eigenvalue weighted by molar-refractivity contribution is 5.56. The Morgan fingerprint density at radius 2 is 2.09 bits per heavy atom. The second-order valence-corrected chi connectivity index (χ2v) is 6.83. The first kappa shape index (κ1) is 14.8. The lowest BCUT2D eigenvalue weighted by Crippen LogP contribution is -2.28. The van der Waals surface area contributed by atoms with Crippen molar-refractivity contribution in [2.24, 2.45) is 11.7 Å². The molecule has 5 heteroatoms. The number of nitrogens with two attached hydrogens (primary N) is 1. The van der Waals surface area contributed by atoms with E-state index in [1.165, 1.54) is 24.0 Å². The number of fused-ring (bicyclic) bond motifs is 1. The first-order chi connectivity index (χ1) is 11.3. The summed E-state index contributed by atoms with van der Waals surface area (Å²) in [4.78, 5) is 4.61. The summed E-state index contributed by atoms with van der Waals surface area (Å²) in [5.74, 6) is 2.14. The normalized spacial score (nSPS) is 22.0. The molecule has 1 aromatic heterocycles. The molecular weight excluding hydrogens is 288 g/mol. The second kappa shape index (κ2) is 6.42. The van der Waals surface area contributed by atoms with E-state index < -0.39 is 0 Å². The van der Waals surface area contributed by atoms with E-state index in [9.17, 15) is 0 Å². The molecule has 1 aliphatic heterocycles. The monoisotopic (exact) mass is 312 g/mol. The van der Waals surface area contributed by atoms with Gasteiger partial charge in [0.1, 0.15) is 0 Å². The smallest absolute Gasteiger partial charge is 0.257 e. The number of rotatable bonds is 3. The van der Waals surface area contributed by atoms with Crippen LogP contribution in [0.25, 0.3) is 11.5 Å². The molecule has 1 unspecified atom stereocenters. The van der Waals surface area contributed by atoms with Crippen LogP contribution >= 0.6 is 0 Å². The second-order valence-electron chi connectivity index (χ2n) is 6.83. The van der Waals surface area contributed by atoms with E-state index in [1.54, 1.807) is 0 Å². The average molecular weight is 312 g/mol. The van der Waals surface area contributed by atoms with Crippen LogP contribution in [0.5, 0.6) is 0 Å². The van der Waals surface area contributed by atoms with Gasteiger partial charge in [0, 0.05) is 18.0 Å². The van der Waals surface area contributed by atoms with Crippen molar-refractivity contribution in [2.45, 2.75) is 44.6 Å². The third-order valence-corrected chi connectivity index (χ3v) is 5.15. The third kappa shape index (κ3) is 3.16. The van der Waals surface area contributed by atoms with E-state index >= 15 is 0 Å². The number of aromatic nitrogens is 2. The van der Waals surface area contributed by atoms with Crippen LogP contribution in [0.4, 0.5) is 0 Å². The van der Waals surface area contributed by atoms with E-state index in [4.69, 9.17) is 10.3 Å². The molecule has 1 aromatic carbocycles. The number of aryl methyl sites for hydroxylation is 1. The van der Waals surface area contributed by atoms with Gasteiger partial charge in [-0.05, 0) is 74.4 Å². The molecule has 0 spiro atoms. The summed E-state index contributed by atoms with van der Waals surface area (Å²) in [5, 5.41) is 7.57. The summed E-state index contributed by atoms with van der Waals surface area (Å²) < 4.78 is 5.50. The number of nitrogens with zero attached hydrogens (tertiary/aromatic N) is 2. The zero-order valence-electron chi connectivity index (χ0n) is 13.4. The van der Waals surface area contributed by atoms with E-state index in [1.807, 2.05) is 0 Å². The minimum Gasteiger partial charge on any atom is -0.334 e. The molecule has 1 fully saturated rings. The molecule has 0 bridgehead atoms. The highest BCUT2D eigenvalue weighted by Gasteiger charge is 2.20. The molecular formula is C18H24N4O. The third-order valence-electron chi connectivity index (χ3n) is 5.15. The van der Waals surface area contributed by atoms with Crippen molar-refractivity contribution in [1.82, 2.24) is 15.5 Å². The minimum absolute atomic E-state index is 0.172. The summed E-state index contributed by atoms with van der Waals surface area (Å²) in [6.45, 7) is 2.20. The molecule has 2 aromatic rings. The van der Waals surface area contributed by atoms with Crippen molar-refractivity contribution in [3.8, 4) is 11.5 Å². The summed E-state index contributed by atoms with van der Waals surface area (Å²) >= 11 is 0. The maximum Gasteiger partial charge on any atom is 0.257 e. The van der Waals surface area contributed by atoms with Gasteiger partial charge in [0.2, 0.25) is 0 Å². The molecule has 4 rings (SSSR count). The molecule has 5 nitrogen and oxygen atoms in total. The van der Waals surface area contributed by atoms with Crippen molar-refractivity contribution in [3.05, 3.63) is 35.2 Å². The molecule has 1 atom stereocenters. The van der Waals surface area contributed by atoms with Crippen molar-refractivity contribution in [2.75, 3.05) is 13.1 Å². The highest BCUT2D eigenvalue weighted by Crippen LogP contribution is 2.31. The lowest BCUT2D eigenvalue weighted by atomic mass is 9.87. The maximum absolute atomic E-state index is 6.19. The zero-order chi connectivity index (χ0) is 15.6. The van der Waals surface area contributed by atoms with Gasteiger partial charge in [0.05, 0.1) is 0 Å². The first-order valence-electron chi connectivity index (χ1n) is 8.71. The molecule has 1 aliphatic carbocycles. The fourth-order valence-corrected chi connectivity index (χ4v) is 3.78. The van der Waals surface area contributed by atoms with Gasteiger partial charge in [-0.25, -0.2) is 0 Å². The van der Waals surface area contributed by atoms with Gasteiger partial charge in [-0.15, -0.1) is 0 Å². The van der Waals surface area contributed by atoms with Crippen LogP contribution in [-0.2, 0) is 12.8 Å². The molecule has 2 aliphatic rings. The van der Waals surface area contributed by atoms with Crippen LogP contribution in [0.3, 0.4) is 0 Å². The topological polar surface area (TPSA) is 77.0 Å². The molecule has 0 saturated carbocycles. The van der Waals surface area contributed by atoms with Crippen molar-refractivity contribution in [3.63, 3.8) is 0 Å². The molecule has 0 amide bonds. The Hall–Kier alpha value is -1.72. The SMILES string of the molecule is NC1CCCc2cc(-c3nc(CC4CCNCC4)no3)ccc21. The van der Waals surface area contributed by atoms with E-state index in [0.717, 1.165) is 50.2 Å². The number of hydrogen-bond donors (Lipinski definition) is 2. The van der Waals surface area contributed by atoms with E-state index in [0.29, 0.717) is 11.8 Å². The minimum atomic E-state index is 0.172. The van der Waals surface area contributed by atoms with Gasteiger partial charge >= 0.3 is 0 Å². The Kier molecular flexibility index (Phi) is 4.14. The summed E-state index contributed by atoms with van der Waals surface area (Å²) in [6, 6.07) is 6.54. The Morgan fingerprint density at radius 3 is 2.96 bits per heavy atom. The lowest BCUT2D eigenvalue weighted by molar-refractivity contribution is 0.356. The first-order valence-corrected chi connectivity index (χ1v) is 8.71. The molecule has 23 heavy (non-hydrogen) atoms. The fourth-order valence-electron chi connectivity index (χ4n) is 3.78. The van der Waals surface area contributed by atoms with Crippen molar-refractivity contribution >= 4 is 0 Å². The quantitative estimate of drug-likeness (QED) is 0.911. The van der Waals surface area contributed by atoms with Crippen molar-refractivity contribution in [1.29, 1.82) is 0 Å². The van der Waals surface area contributed by atoms with Crippen molar-refractivity contribution < 1.29 is 4.52 Å². The van der Waals surface area contributed by atoms with Gasteiger partial charge in [-0.3, -0.25) is 0 Å². The number of benzene rings is 1. The Morgan fingerprint density at radius 1 is 1.22 bits per heavy atom. The van der Waals surface area contributed by atoms with Crippen LogP contribution in [0.1, 0.15) is 48.7 Å². The zero-order valence-corrected chi connectivity index (χ0v) is 13.4. The fraction of sp³-hybridized carbons (Fsp3) is 0.556. The Bertz CT molecular complexity index is 675. The van der Waals surface area contributed by atoms with Crippen LogP contribution in [0.2, 0.25) is 0 Å². The average Bonchev–Trinajstić information content (AvgIpc) is 3.04.